The van der Waals surface area contributed by atoms with E-state index in [0.717, 1.165) is 18.4 Å². The van der Waals surface area contributed by atoms with Crippen LogP contribution in [0.25, 0.3) is 0 Å². The molecular formula is C11H13ClN2O2. The number of hydrogen-bond acceptors (Lipinski definition) is 3. The quantitative estimate of drug-likeness (QED) is 0.806. The molecule has 1 aromatic rings. The van der Waals surface area contributed by atoms with Gasteiger partial charge in [-0.2, -0.15) is 0 Å². The van der Waals surface area contributed by atoms with Crippen molar-refractivity contribution in [2.24, 2.45) is 0 Å². The van der Waals surface area contributed by atoms with E-state index in [-0.39, 0.29) is 12.0 Å². The predicted octanol–water partition coefficient (Wildman–Crippen LogP) is 2.16. The number of halogens is 1. The average Bonchev–Trinajstić information content (AvgIpc) is 2.76. The van der Waals surface area contributed by atoms with Crippen molar-refractivity contribution in [3.05, 3.63) is 23.0 Å². The van der Waals surface area contributed by atoms with Crippen molar-refractivity contribution in [2.45, 2.75) is 25.9 Å². The Morgan fingerprint density at radius 2 is 2.50 bits per heavy atom. The maximum Gasteiger partial charge on any atom is 0.253 e. The minimum Gasteiger partial charge on any atom is -0.368 e. The number of amides is 1. The molecule has 5 heteroatoms. The Bertz CT molecular complexity index is 403. The molecule has 1 amide bonds. The first-order valence-corrected chi connectivity index (χ1v) is 5.59. The van der Waals surface area contributed by atoms with E-state index >= 15 is 0 Å². The summed E-state index contributed by atoms with van der Waals surface area (Å²) in [5.74, 6) is -0.146. The second kappa shape index (κ2) is 4.80. The first-order chi connectivity index (χ1) is 7.66. The Morgan fingerprint density at radius 1 is 1.69 bits per heavy atom. The fourth-order valence-electron chi connectivity index (χ4n) is 1.64. The summed E-state index contributed by atoms with van der Waals surface area (Å²) in [6, 6.07) is 1.79. The summed E-state index contributed by atoms with van der Waals surface area (Å²) < 4.78 is 5.28. The lowest BCUT2D eigenvalue weighted by molar-refractivity contribution is -0.124. The van der Waals surface area contributed by atoms with Gasteiger partial charge in [-0.05, 0) is 31.4 Å². The van der Waals surface area contributed by atoms with Crippen molar-refractivity contribution in [2.75, 3.05) is 11.9 Å². The van der Waals surface area contributed by atoms with E-state index in [4.69, 9.17) is 16.3 Å². The van der Waals surface area contributed by atoms with Gasteiger partial charge in [-0.25, -0.2) is 4.98 Å². The third-order valence-corrected chi connectivity index (χ3v) is 2.76. The highest BCUT2D eigenvalue weighted by molar-refractivity contribution is 6.32. The molecule has 2 rings (SSSR count). The van der Waals surface area contributed by atoms with Gasteiger partial charge in [0.15, 0.2) is 5.15 Å². The molecular weight excluding hydrogens is 228 g/mol. The van der Waals surface area contributed by atoms with Gasteiger partial charge in [0.2, 0.25) is 0 Å². The summed E-state index contributed by atoms with van der Waals surface area (Å²) in [5, 5.41) is 3.04. The predicted molar refractivity (Wildman–Crippen MR) is 61.6 cm³/mol. The zero-order valence-corrected chi connectivity index (χ0v) is 9.75. The van der Waals surface area contributed by atoms with E-state index < -0.39 is 0 Å². The van der Waals surface area contributed by atoms with Gasteiger partial charge in [0.05, 0.1) is 5.69 Å². The summed E-state index contributed by atoms with van der Waals surface area (Å²) in [6.07, 6.45) is 3.00. The lowest BCUT2D eigenvalue weighted by atomic mass is 10.2. The molecule has 1 aromatic heterocycles. The fraction of sp³-hybridized carbons (Fsp3) is 0.455. The molecule has 1 atom stereocenters. The van der Waals surface area contributed by atoms with Crippen LogP contribution in [-0.4, -0.2) is 23.6 Å². The second-order valence-electron chi connectivity index (χ2n) is 3.84. The van der Waals surface area contributed by atoms with E-state index in [0.29, 0.717) is 17.4 Å². The molecule has 2 heterocycles. The molecule has 0 saturated carbocycles. The smallest absolute Gasteiger partial charge is 0.253 e. The van der Waals surface area contributed by atoms with Gasteiger partial charge < -0.3 is 10.1 Å². The molecule has 16 heavy (non-hydrogen) atoms. The molecule has 1 N–H and O–H groups in total. The minimum atomic E-state index is -0.350. The molecule has 1 aliphatic rings. The summed E-state index contributed by atoms with van der Waals surface area (Å²) in [5.41, 5.74) is 1.49. The van der Waals surface area contributed by atoms with Gasteiger partial charge in [0, 0.05) is 12.8 Å². The van der Waals surface area contributed by atoms with Crippen molar-refractivity contribution in [1.29, 1.82) is 0 Å². The lowest BCUT2D eigenvalue weighted by Crippen LogP contribution is -2.27. The van der Waals surface area contributed by atoms with Crippen LogP contribution in [-0.2, 0) is 9.53 Å². The molecule has 0 spiro atoms. The molecule has 1 unspecified atom stereocenters. The van der Waals surface area contributed by atoms with Crippen LogP contribution in [0.15, 0.2) is 12.3 Å². The van der Waals surface area contributed by atoms with Crippen molar-refractivity contribution in [3.63, 3.8) is 0 Å². The standard InChI is InChI=1S/C11H13ClN2O2/c1-7-5-8(10(12)13-6-7)14-11(15)9-3-2-4-16-9/h5-6,9H,2-4H2,1H3,(H,14,15). The summed E-state index contributed by atoms with van der Waals surface area (Å²) in [6.45, 7) is 2.54. The van der Waals surface area contributed by atoms with Crippen molar-refractivity contribution < 1.29 is 9.53 Å². The number of nitrogens with zero attached hydrogens (tertiary/aromatic N) is 1. The van der Waals surface area contributed by atoms with Crippen LogP contribution in [0.5, 0.6) is 0 Å². The van der Waals surface area contributed by atoms with Crippen LogP contribution in [0.3, 0.4) is 0 Å². The topological polar surface area (TPSA) is 51.2 Å². The van der Waals surface area contributed by atoms with Gasteiger partial charge in [-0.1, -0.05) is 11.6 Å². The average molecular weight is 241 g/mol. The van der Waals surface area contributed by atoms with Crippen LogP contribution in [0.1, 0.15) is 18.4 Å². The maximum atomic E-state index is 11.8. The van der Waals surface area contributed by atoms with Crippen molar-refractivity contribution in [3.8, 4) is 0 Å². The third-order valence-electron chi connectivity index (χ3n) is 2.46. The molecule has 0 aliphatic carbocycles. The zero-order chi connectivity index (χ0) is 11.5. The summed E-state index contributed by atoms with van der Waals surface area (Å²) in [7, 11) is 0. The molecule has 0 aromatic carbocycles. The van der Waals surface area contributed by atoms with Gasteiger partial charge in [-0.15, -0.1) is 0 Å². The number of aromatic nitrogens is 1. The number of anilines is 1. The van der Waals surface area contributed by atoms with Crippen LogP contribution in [0.2, 0.25) is 5.15 Å². The van der Waals surface area contributed by atoms with Gasteiger partial charge in [0.25, 0.3) is 5.91 Å². The van der Waals surface area contributed by atoms with E-state index in [1.54, 1.807) is 12.3 Å². The normalized spacial score (nSPS) is 19.8. The molecule has 86 valence electrons. The highest BCUT2D eigenvalue weighted by atomic mass is 35.5. The largest absolute Gasteiger partial charge is 0.368 e. The summed E-state index contributed by atoms with van der Waals surface area (Å²) >= 11 is 5.88. The number of carbonyl (C=O) groups excluding carboxylic acids is 1. The Hall–Kier alpha value is -1.13. The number of carbonyl (C=O) groups is 1. The zero-order valence-electron chi connectivity index (χ0n) is 9.00. The van der Waals surface area contributed by atoms with Crippen LogP contribution < -0.4 is 5.32 Å². The number of ether oxygens (including phenoxy) is 1. The van der Waals surface area contributed by atoms with Gasteiger partial charge in [-0.3, -0.25) is 4.79 Å². The first kappa shape index (κ1) is 11.4. The van der Waals surface area contributed by atoms with Crippen LogP contribution in [0, 0.1) is 6.92 Å². The second-order valence-corrected chi connectivity index (χ2v) is 4.20. The van der Waals surface area contributed by atoms with E-state index in [1.165, 1.54) is 0 Å². The Morgan fingerprint density at radius 3 is 3.19 bits per heavy atom. The highest BCUT2D eigenvalue weighted by Gasteiger charge is 2.24. The molecule has 1 saturated heterocycles. The molecule has 0 bridgehead atoms. The van der Waals surface area contributed by atoms with Crippen LogP contribution >= 0.6 is 11.6 Å². The molecule has 4 nitrogen and oxygen atoms in total. The fourth-order valence-corrected chi connectivity index (χ4v) is 1.79. The number of hydrogen-bond donors (Lipinski definition) is 1. The lowest BCUT2D eigenvalue weighted by Gasteiger charge is -2.11. The minimum absolute atomic E-state index is 0.146. The third kappa shape index (κ3) is 2.51. The van der Waals surface area contributed by atoms with Gasteiger partial charge in [0.1, 0.15) is 6.10 Å². The maximum absolute atomic E-state index is 11.8. The van der Waals surface area contributed by atoms with E-state index in [1.807, 2.05) is 6.92 Å². The number of nitrogens with one attached hydrogen (secondary N) is 1. The highest BCUT2D eigenvalue weighted by Crippen LogP contribution is 2.21. The van der Waals surface area contributed by atoms with Gasteiger partial charge >= 0.3 is 0 Å². The Kier molecular flexibility index (Phi) is 3.41. The Labute approximate surface area is 99.0 Å². The molecule has 1 fully saturated rings. The van der Waals surface area contributed by atoms with E-state index in [2.05, 4.69) is 10.3 Å². The SMILES string of the molecule is Cc1cnc(Cl)c(NC(=O)C2CCCO2)c1. The molecule has 0 radical (unpaired) electrons. The number of pyridine rings is 1. The number of aryl methyl sites for hydroxylation is 1. The summed E-state index contributed by atoms with van der Waals surface area (Å²) in [4.78, 5) is 15.7. The first-order valence-electron chi connectivity index (χ1n) is 5.21. The monoisotopic (exact) mass is 240 g/mol. The van der Waals surface area contributed by atoms with Crippen molar-refractivity contribution >= 4 is 23.2 Å². The van der Waals surface area contributed by atoms with Crippen molar-refractivity contribution in [1.82, 2.24) is 4.98 Å². The number of rotatable bonds is 2. The molecule has 1 aliphatic heterocycles. The Balaban J connectivity index is 2.07. The van der Waals surface area contributed by atoms with E-state index in [9.17, 15) is 4.79 Å². The van der Waals surface area contributed by atoms with Crippen LogP contribution in [0.4, 0.5) is 5.69 Å².